The smallest absolute Gasteiger partial charge is 0.0159 e. The molecule has 0 heterocycles. The molecule has 0 atom stereocenters. The van der Waals surface area contributed by atoms with E-state index in [2.05, 4.69) is 222 Å². The fourth-order valence-electron chi connectivity index (χ4n) is 11.0. The van der Waals surface area contributed by atoms with Gasteiger partial charge >= 0.3 is 0 Å². The quantitative estimate of drug-likeness (QED) is 0.157. The van der Waals surface area contributed by atoms with Crippen molar-refractivity contribution in [1.29, 1.82) is 0 Å². The van der Waals surface area contributed by atoms with Crippen LogP contribution < -0.4 is 0 Å². The van der Waals surface area contributed by atoms with Gasteiger partial charge in [0.05, 0.1) is 0 Å². The Morgan fingerprint density at radius 3 is 1.25 bits per heavy atom. The van der Waals surface area contributed by atoms with E-state index in [1.165, 1.54) is 121 Å². The molecule has 2 aliphatic carbocycles. The Morgan fingerprint density at radius 1 is 0.250 bits per heavy atom. The van der Waals surface area contributed by atoms with Crippen molar-refractivity contribution in [2.75, 3.05) is 0 Å². The van der Waals surface area contributed by atoms with Gasteiger partial charge in [-0.2, -0.15) is 0 Å². The lowest BCUT2D eigenvalue weighted by Gasteiger charge is -2.24. The van der Waals surface area contributed by atoms with E-state index < -0.39 is 0 Å². The minimum atomic E-state index is -0.173. The number of fused-ring (bicyclic) bond motifs is 9. The van der Waals surface area contributed by atoms with E-state index in [9.17, 15) is 0 Å². The molecule has 0 unspecified atom stereocenters. The predicted molar refractivity (Wildman–Crippen MR) is 256 cm³/mol. The Kier molecular flexibility index (Phi) is 7.42. The molecule has 0 aliphatic heterocycles. The molecule has 0 nitrogen and oxygen atoms in total. The van der Waals surface area contributed by atoms with Crippen LogP contribution in [0.3, 0.4) is 0 Å². The summed E-state index contributed by atoms with van der Waals surface area (Å²) in [5.74, 6) is 0. The van der Waals surface area contributed by atoms with Crippen LogP contribution in [0.2, 0.25) is 0 Å². The van der Waals surface area contributed by atoms with Crippen molar-refractivity contribution in [2.45, 2.75) is 38.5 Å². The van der Waals surface area contributed by atoms with Crippen LogP contribution in [0.4, 0.5) is 0 Å². The molecule has 0 amide bonds. The second kappa shape index (κ2) is 12.7. The van der Waals surface area contributed by atoms with Crippen molar-refractivity contribution in [3.8, 4) is 66.8 Å². The van der Waals surface area contributed by atoms with E-state index in [-0.39, 0.29) is 10.8 Å². The topological polar surface area (TPSA) is 0 Å². The highest BCUT2D eigenvalue weighted by Gasteiger charge is 2.38. The van der Waals surface area contributed by atoms with Crippen LogP contribution in [0.15, 0.2) is 194 Å². The maximum atomic E-state index is 2.50. The van der Waals surface area contributed by atoms with Gasteiger partial charge in [0.1, 0.15) is 0 Å². The van der Waals surface area contributed by atoms with Crippen molar-refractivity contribution in [3.05, 3.63) is 216 Å². The van der Waals surface area contributed by atoms with Gasteiger partial charge < -0.3 is 0 Å². The van der Waals surface area contributed by atoms with Crippen LogP contribution in [-0.2, 0) is 10.8 Å². The highest BCUT2D eigenvalue weighted by Crippen LogP contribution is 2.54. The maximum absolute atomic E-state index is 2.50. The summed E-state index contributed by atoms with van der Waals surface area (Å²) < 4.78 is 0. The number of rotatable bonds is 4. The fraction of sp³-hybridized carbons (Fsp3) is 0.100. The molecule has 10 aromatic rings. The zero-order valence-electron chi connectivity index (χ0n) is 34.5. The zero-order valence-corrected chi connectivity index (χ0v) is 34.5. The Bertz CT molecular complexity index is 3370. The molecule has 0 N–H and O–H groups in total. The second-order valence-corrected chi connectivity index (χ2v) is 18.0. The summed E-state index contributed by atoms with van der Waals surface area (Å²) in [7, 11) is 0. The standard InChI is InChI=1S/C60H44/c1-59(2)53-24-14-13-18-44(53)45-30-27-39(34-54(45)59)40-28-31-46-47-32-29-42(36-56(47)60(3,4)55(46)35-40)57-49-20-9-11-22-51(49)58(52-23-12-10-21-50(52)57)48-19-8-7-17-43(48)41-26-25-37-15-5-6-16-38(37)33-41/h5-36H,1-4H3. The Balaban J connectivity index is 0.989. The highest BCUT2D eigenvalue weighted by atomic mass is 14.4. The normalized spacial score (nSPS) is 14.3. The molecule has 284 valence electrons. The first kappa shape index (κ1) is 35.0. The highest BCUT2D eigenvalue weighted by molar-refractivity contribution is 6.22. The van der Waals surface area contributed by atoms with Crippen molar-refractivity contribution >= 4 is 32.3 Å². The molecular formula is C60H44. The summed E-state index contributed by atoms with van der Waals surface area (Å²) in [4.78, 5) is 0. The summed E-state index contributed by atoms with van der Waals surface area (Å²) in [5, 5.41) is 7.61. The summed E-state index contributed by atoms with van der Waals surface area (Å²) in [5.41, 5.74) is 21.0. The van der Waals surface area contributed by atoms with Crippen LogP contribution in [0.5, 0.6) is 0 Å². The third-order valence-corrected chi connectivity index (χ3v) is 14.1. The van der Waals surface area contributed by atoms with Crippen LogP contribution in [0.25, 0.3) is 99.1 Å². The van der Waals surface area contributed by atoms with E-state index in [0.29, 0.717) is 0 Å². The Labute approximate surface area is 352 Å². The molecule has 0 fully saturated rings. The number of hydrogen-bond donors (Lipinski definition) is 0. The summed E-state index contributed by atoms with van der Waals surface area (Å²) in [6, 6.07) is 73.0. The van der Waals surface area contributed by atoms with Crippen LogP contribution in [-0.4, -0.2) is 0 Å². The molecule has 0 spiro atoms. The van der Waals surface area contributed by atoms with E-state index in [0.717, 1.165) is 0 Å². The first-order valence-corrected chi connectivity index (χ1v) is 21.3. The molecule has 0 heteroatoms. The number of benzene rings is 10. The van der Waals surface area contributed by atoms with Gasteiger partial charge in [0.15, 0.2) is 0 Å². The van der Waals surface area contributed by atoms with Crippen molar-refractivity contribution in [1.82, 2.24) is 0 Å². The molecule has 2 aliphatic rings. The molecule has 60 heavy (non-hydrogen) atoms. The van der Waals surface area contributed by atoms with Crippen LogP contribution >= 0.6 is 0 Å². The average Bonchev–Trinajstić information content (AvgIpc) is 3.66. The minimum absolute atomic E-state index is 0.0300. The van der Waals surface area contributed by atoms with Gasteiger partial charge in [-0.15, -0.1) is 0 Å². The van der Waals surface area contributed by atoms with E-state index in [1.54, 1.807) is 0 Å². The lowest BCUT2D eigenvalue weighted by atomic mass is 9.79. The molecule has 0 aromatic heterocycles. The van der Waals surface area contributed by atoms with Crippen molar-refractivity contribution in [3.63, 3.8) is 0 Å². The predicted octanol–water partition coefficient (Wildman–Crippen LogP) is 16.4. The SMILES string of the molecule is CC1(C)c2ccccc2-c2ccc(-c3ccc4c(c3)C(C)(C)c3cc(-c5c6ccccc6c(-c6ccccc6-c6ccc7ccccc7c6)c6ccccc56)ccc3-4)cc21. The van der Waals surface area contributed by atoms with Gasteiger partial charge in [0.25, 0.3) is 0 Å². The van der Waals surface area contributed by atoms with Gasteiger partial charge in [0.2, 0.25) is 0 Å². The van der Waals surface area contributed by atoms with E-state index in [4.69, 9.17) is 0 Å². The van der Waals surface area contributed by atoms with Crippen molar-refractivity contribution < 1.29 is 0 Å². The van der Waals surface area contributed by atoms with Gasteiger partial charge in [-0.25, -0.2) is 0 Å². The summed E-state index contributed by atoms with van der Waals surface area (Å²) >= 11 is 0. The molecule has 10 aromatic carbocycles. The molecule has 0 radical (unpaired) electrons. The Morgan fingerprint density at radius 2 is 0.650 bits per heavy atom. The summed E-state index contributed by atoms with van der Waals surface area (Å²) in [6.45, 7) is 9.56. The lowest BCUT2D eigenvalue weighted by molar-refractivity contribution is 0.659. The largest absolute Gasteiger partial charge is 0.0619 e. The molecular weight excluding hydrogens is 721 g/mol. The van der Waals surface area contributed by atoms with Crippen molar-refractivity contribution in [2.24, 2.45) is 0 Å². The van der Waals surface area contributed by atoms with Gasteiger partial charge in [-0.05, 0) is 146 Å². The lowest BCUT2D eigenvalue weighted by Crippen LogP contribution is -2.15. The first-order valence-electron chi connectivity index (χ1n) is 21.3. The molecule has 12 rings (SSSR count). The zero-order chi connectivity index (χ0) is 40.3. The van der Waals surface area contributed by atoms with Gasteiger partial charge in [0, 0.05) is 10.8 Å². The van der Waals surface area contributed by atoms with E-state index in [1.807, 2.05) is 0 Å². The minimum Gasteiger partial charge on any atom is -0.0619 e. The second-order valence-electron chi connectivity index (χ2n) is 18.0. The molecule has 0 bridgehead atoms. The Hall–Kier alpha value is -7.02. The average molecular weight is 765 g/mol. The first-order chi connectivity index (χ1) is 29.3. The van der Waals surface area contributed by atoms with Gasteiger partial charge in [-0.3, -0.25) is 0 Å². The van der Waals surface area contributed by atoms with Crippen LogP contribution in [0, 0.1) is 0 Å². The maximum Gasteiger partial charge on any atom is 0.0159 e. The third kappa shape index (κ3) is 4.98. The fourth-order valence-corrected chi connectivity index (χ4v) is 11.0. The van der Waals surface area contributed by atoms with Gasteiger partial charge in [-0.1, -0.05) is 198 Å². The summed E-state index contributed by atoms with van der Waals surface area (Å²) in [6.07, 6.45) is 0. The van der Waals surface area contributed by atoms with E-state index >= 15 is 0 Å². The monoisotopic (exact) mass is 764 g/mol. The number of hydrogen-bond acceptors (Lipinski definition) is 0. The third-order valence-electron chi connectivity index (χ3n) is 14.1. The molecule has 0 saturated heterocycles. The molecule has 0 saturated carbocycles. The van der Waals surface area contributed by atoms with Crippen LogP contribution in [0.1, 0.15) is 49.9 Å².